The van der Waals surface area contributed by atoms with Gasteiger partial charge in [0.2, 0.25) is 5.91 Å². The quantitative estimate of drug-likeness (QED) is 0.729. The van der Waals surface area contributed by atoms with Gasteiger partial charge in [0, 0.05) is 43.8 Å². The molecular formula is C19H30N2O4. The number of rotatable bonds is 8. The predicted molar refractivity (Wildman–Crippen MR) is 97.2 cm³/mol. The molecule has 25 heavy (non-hydrogen) atoms. The fraction of sp³-hybridized carbons (Fsp3) is 0.632. The Hall–Kier alpha value is -1.95. The summed E-state index contributed by atoms with van der Waals surface area (Å²) in [7, 11) is 5.07. The molecule has 0 radical (unpaired) electrons. The van der Waals surface area contributed by atoms with E-state index in [1.54, 1.807) is 25.2 Å². The summed E-state index contributed by atoms with van der Waals surface area (Å²) < 4.78 is 16.2. The molecule has 140 valence electrons. The summed E-state index contributed by atoms with van der Waals surface area (Å²) in [6.45, 7) is 1.20. The molecule has 1 aromatic carbocycles. The number of hydrogen-bond acceptors (Lipinski definition) is 5. The molecular weight excluding hydrogens is 320 g/mol. The van der Waals surface area contributed by atoms with Gasteiger partial charge in [0.25, 0.3) is 0 Å². The number of amides is 1. The second kappa shape index (κ2) is 9.51. The van der Waals surface area contributed by atoms with E-state index in [-0.39, 0.29) is 17.9 Å². The normalized spacial score (nSPS) is 20.0. The van der Waals surface area contributed by atoms with Crippen LogP contribution in [0.1, 0.15) is 32.1 Å². The molecule has 2 rings (SSSR count). The maximum Gasteiger partial charge on any atom is 0.225 e. The average molecular weight is 350 g/mol. The van der Waals surface area contributed by atoms with E-state index in [9.17, 15) is 4.79 Å². The Kier molecular flexibility index (Phi) is 7.37. The van der Waals surface area contributed by atoms with Crippen LogP contribution in [0.3, 0.4) is 0 Å². The zero-order valence-electron chi connectivity index (χ0n) is 15.5. The molecule has 0 heterocycles. The van der Waals surface area contributed by atoms with Crippen LogP contribution in [-0.4, -0.2) is 51.3 Å². The summed E-state index contributed by atoms with van der Waals surface area (Å²) in [6.07, 6.45) is 4.61. The number of hydrogen-bond donors (Lipinski definition) is 1. The summed E-state index contributed by atoms with van der Waals surface area (Å²) in [5.74, 6) is 2.37. The van der Waals surface area contributed by atoms with Crippen LogP contribution in [0, 0.1) is 5.92 Å². The Balaban J connectivity index is 1.76. The summed E-state index contributed by atoms with van der Waals surface area (Å²) in [4.78, 5) is 14.3. The maximum atomic E-state index is 12.5. The van der Waals surface area contributed by atoms with Gasteiger partial charge in [-0.05, 0) is 25.7 Å². The van der Waals surface area contributed by atoms with Gasteiger partial charge in [-0.3, -0.25) is 4.79 Å². The lowest BCUT2D eigenvalue weighted by molar-refractivity contribution is -0.135. The topological polar surface area (TPSA) is 74.0 Å². The predicted octanol–water partition coefficient (Wildman–Crippen LogP) is 2.45. The van der Waals surface area contributed by atoms with Crippen molar-refractivity contribution in [3.63, 3.8) is 0 Å². The Morgan fingerprint density at radius 1 is 1.16 bits per heavy atom. The number of carbonyl (C=O) groups is 1. The highest BCUT2D eigenvalue weighted by molar-refractivity contribution is 5.78. The fourth-order valence-electron chi connectivity index (χ4n) is 3.23. The van der Waals surface area contributed by atoms with E-state index in [1.807, 2.05) is 19.2 Å². The van der Waals surface area contributed by atoms with E-state index in [1.165, 1.54) is 0 Å². The Bertz CT molecular complexity index is 542. The molecule has 1 aliphatic carbocycles. The molecule has 1 saturated carbocycles. The van der Waals surface area contributed by atoms with Gasteiger partial charge in [-0.15, -0.1) is 0 Å². The minimum Gasteiger partial charge on any atom is -0.496 e. The summed E-state index contributed by atoms with van der Waals surface area (Å²) in [5, 5.41) is 0. The molecule has 0 spiro atoms. The third kappa shape index (κ3) is 5.81. The molecule has 0 aliphatic heterocycles. The molecule has 1 aliphatic rings. The molecule has 0 aromatic heterocycles. The van der Waals surface area contributed by atoms with Crippen LogP contribution >= 0.6 is 0 Å². The van der Waals surface area contributed by atoms with E-state index in [2.05, 4.69) is 0 Å². The average Bonchev–Trinajstić information content (AvgIpc) is 2.64. The second-order valence-corrected chi connectivity index (χ2v) is 6.63. The minimum absolute atomic E-state index is 0.0808. The van der Waals surface area contributed by atoms with Crippen LogP contribution in [0.15, 0.2) is 18.2 Å². The van der Waals surface area contributed by atoms with Gasteiger partial charge in [0.1, 0.15) is 17.2 Å². The molecule has 0 saturated heterocycles. The Morgan fingerprint density at radius 2 is 1.80 bits per heavy atom. The van der Waals surface area contributed by atoms with E-state index < -0.39 is 0 Å². The van der Waals surface area contributed by atoms with Crippen LogP contribution in [0.25, 0.3) is 0 Å². The smallest absolute Gasteiger partial charge is 0.225 e. The van der Waals surface area contributed by atoms with Crippen molar-refractivity contribution < 1.29 is 19.0 Å². The first kappa shape index (κ1) is 19.4. The van der Waals surface area contributed by atoms with Gasteiger partial charge in [-0.25, -0.2) is 0 Å². The monoisotopic (exact) mass is 350 g/mol. The van der Waals surface area contributed by atoms with Crippen molar-refractivity contribution in [2.24, 2.45) is 11.7 Å². The lowest BCUT2D eigenvalue weighted by Crippen LogP contribution is -2.39. The maximum absolute atomic E-state index is 12.5. The first-order valence-corrected chi connectivity index (χ1v) is 8.90. The van der Waals surface area contributed by atoms with E-state index in [0.717, 1.165) is 32.1 Å². The SMILES string of the molecule is COc1cc(OC)cc(OCCCN(C)C(=O)C2CCCC(N)C2)c1. The molecule has 1 amide bonds. The van der Waals surface area contributed by atoms with Crippen molar-refractivity contribution in [2.45, 2.75) is 38.1 Å². The van der Waals surface area contributed by atoms with Gasteiger partial charge >= 0.3 is 0 Å². The molecule has 1 aromatic rings. The molecule has 1 fully saturated rings. The van der Waals surface area contributed by atoms with Gasteiger partial charge < -0.3 is 24.8 Å². The molecule has 6 heteroatoms. The number of methoxy groups -OCH3 is 2. The first-order valence-electron chi connectivity index (χ1n) is 8.90. The number of nitrogens with two attached hydrogens (primary N) is 1. The van der Waals surface area contributed by atoms with Crippen LogP contribution in [0.2, 0.25) is 0 Å². The van der Waals surface area contributed by atoms with Gasteiger partial charge in [0.15, 0.2) is 0 Å². The molecule has 6 nitrogen and oxygen atoms in total. The second-order valence-electron chi connectivity index (χ2n) is 6.63. The summed E-state index contributed by atoms with van der Waals surface area (Å²) >= 11 is 0. The summed E-state index contributed by atoms with van der Waals surface area (Å²) in [6, 6.07) is 5.61. The third-order valence-corrected chi connectivity index (χ3v) is 4.67. The number of carbonyl (C=O) groups excluding carboxylic acids is 1. The highest BCUT2D eigenvalue weighted by Crippen LogP contribution is 2.27. The van der Waals surface area contributed by atoms with Crippen LogP contribution in [0.4, 0.5) is 0 Å². The number of nitrogens with zero attached hydrogens (tertiary/aromatic N) is 1. The van der Waals surface area contributed by atoms with Gasteiger partial charge in [0.05, 0.1) is 20.8 Å². The first-order chi connectivity index (χ1) is 12.0. The van der Waals surface area contributed by atoms with Crippen molar-refractivity contribution in [1.82, 2.24) is 4.90 Å². The van der Waals surface area contributed by atoms with Crippen molar-refractivity contribution in [3.8, 4) is 17.2 Å². The fourth-order valence-corrected chi connectivity index (χ4v) is 3.23. The molecule has 2 unspecified atom stereocenters. The van der Waals surface area contributed by atoms with Gasteiger partial charge in [-0.1, -0.05) is 6.42 Å². The van der Waals surface area contributed by atoms with Crippen LogP contribution < -0.4 is 19.9 Å². The van der Waals surface area contributed by atoms with Crippen molar-refractivity contribution in [1.29, 1.82) is 0 Å². The molecule has 2 N–H and O–H groups in total. The van der Waals surface area contributed by atoms with Crippen molar-refractivity contribution >= 4 is 5.91 Å². The Labute approximate surface area is 150 Å². The van der Waals surface area contributed by atoms with Crippen LogP contribution in [-0.2, 0) is 4.79 Å². The molecule has 0 bridgehead atoms. The number of ether oxygens (including phenoxy) is 3. The zero-order chi connectivity index (χ0) is 18.2. The Morgan fingerprint density at radius 3 is 2.40 bits per heavy atom. The van der Waals surface area contributed by atoms with E-state index in [0.29, 0.717) is 30.4 Å². The third-order valence-electron chi connectivity index (χ3n) is 4.67. The van der Waals surface area contributed by atoms with E-state index in [4.69, 9.17) is 19.9 Å². The highest BCUT2D eigenvalue weighted by atomic mass is 16.5. The zero-order valence-corrected chi connectivity index (χ0v) is 15.5. The van der Waals surface area contributed by atoms with Crippen molar-refractivity contribution in [3.05, 3.63) is 18.2 Å². The standard InChI is InChI=1S/C19H30N2O4/c1-21(19(22)14-6-4-7-15(20)10-14)8-5-9-25-18-12-16(23-2)11-17(13-18)24-3/h11-15H,4-10,20H2,1-3H3. The number of benzene rings is 1. The van der Waals surface area contributed by atoms with Crippen LogP contribution in [0.5, 0.6) is 17.2 Å². The van der Waals surface area contributed by atoms with E-state index >= 15 is 0 Å². The lowest BCUT2D eigenvalue weighted by Gasteiger charge is -2.29. The van der Waals surface area contributed by atoms with Crippen molar-refractivity contribution in [2.75, 3.05) is 34.4 Å². The molecule has 2 atom stereocenters. The summed E-state index contributed by atoms with van der Waals surface area (Å²) in [5.41, 5.74) is 5.99. The minimum atomic E-state index is 0.0808. The van der Waals surface area contributed by atoms with Gasteiger partial charge in [-0.2, -0.15) is 0 Å². The lowest BCUT2D eigenvalue weighted by atomic mass is 9.85. The highest BCUT2D eigenvalue weighted by Gasteiger charge is 2.27. The largest absolute Gasteiger partial charge is 0.496 e.